The molecule has 1 aliphatic carbocycles. The lowest BCUT2D eigenvalue weighted by atomic mass is 9.86. The van der Waals surface area contributed by atoms with Crippen molar-refractivity contribution in [1.82, 2.24) is 15.1 Å². The van der Waals surface area contributed by atoms with Crippen molar-refractivity contribution in [3.05, 3.63) is 0 Å². The number of hydrogen-bond acceptors (Lipinski definition) is 4. The van der Waals surface area contributed by atoms with Gasteiger partial charge < -0.3 is 15.0 Å². The van der Waals surface area contributed by atoms with E-state index in [-0.39, 0.29) is 0 Å². The molecule has 1 aliphatic heterocycles. The fourth-order valence-corrected chi connectivity index (χ4v) is 3.27. The third kappa shape index (κ3) is 4.69. The first kappa shape index (κ1) is 16.2. The number of rotatable bonds is 9. The van der Waals surface area contributed by atoms with E-state index in [1.165, 1.54) is 19.3 Å². The maximum Gasteiger partial charge on any atom is 0.0547 e. The van der Waals surface area contributed by atoms with Crippen molar-refractivity contribution < 1.29 is 4.74 Å². The molecule has 2 unspecified atom stereocenters. The predicted octanol–water partition coefficient (Wildman–Crippen LogP) is 1.42. The van der Waals surface area contributed by atoms with Crippen molar-refractivity contribution in [2.45, 2.75) is 45.2 Å². The molecule has 2 rings (SSSR count). The first-order valence-electron chi connectivity index (χ1n) is 8.24. The zero-order chi connectivity index (χ0) is 14.6. The molecule has 2 aliphatic rings. The Kier molecular flexibility index (Phi) is 5.84. The summed E-state index contributed by atoms with van der Waals surface area (Å²) >= 11 is 0. The Bertz CT molecular complexity index is 285. The molecule has 4 nitrogen and oxygen atoms in total. The summed E-state index contributed by atoms with van der Waals surface area (Å²) in [6.07, 6.45) is 3.94. The van der Waals surface area contributed by atoms with Crippen LogP contribution in [0.25, 0.3) is 0 Å². The minimum atomic E-state index is 0.333. The molecule has 0 amide bonds. The van der Waals surface area contributed by atoms with Gasteiger partial charge in [0.1, 0.15) is 0 Å². The molecule has 1 N–H and O–H groups in total. The van der Waals surface area contributed by atoms with E-state index in [9.17, 15) is 0 Å². The highest BCUT2D eigenvalue weighted by atomic mass is 16.5. The van der Waals surface area contributed by atoms with Crippen LogP contribution in [-0.2, 0) is 4.74 Å². The highest BCUT2D eigenvalue weighted by Crippen LogP contribution is 2.31. The third-order valence-electron chi connectivity index (χ3n) is 4.73. The van der Waals surface area contributed by atoms with Gasteiger partial charge in [-0.05, 0) is 46.8 Å². The minimum Gasteiger partial charge on any atom is -0.381 e. The van der Waals surface area contributed by atoms with Gasteiger partial charge >= 0.3 is 0 Å². The topological polar surface area (TPSA) is 27.7 Å². The Balaban J connectivity index is 1.90. The number of nitrogens with one attached hydrogen (secondary N) is 1. The Hall–Kier alpha value is -0.160. The normalized spacial score (nSPS) is 28.5. The van der Waals surface area contributed by atoms with Gasteiger partial charge in [0.25, 0.3) is 0 Å². The molecular formula is C16H33N3O. The Morgan fingerprint density at radius 3 is 2.60 bits per heavy atom. The van der Waals surface area contributed by atoms with E-state index in [1.807, 2.05) is 0 Å². The lowest BCUT2D eigenvalue weighted by Crippen LogP contribution is -2.49. The van der Waals surface area contributed by atoms with E-state index in [1.54, 1.807) is 0 Å². The minimum absolute atomic E-state index is 0.333. The summed E-state index contributed by atoms with van der Waals surface area (Å²) in [6.45, 7) is 11.0. The smallest absolute Gasteiger partial charge is 0.0547 e. The molecule has 0 aromatic heterocycles. The molecule has 4 heteroatoms. The lowest BCUT2D eigenvalue weighted by Gasteiger charge is -2.38. The van der Waals surface area contributed by atoms with Crippen LogP contribution in [0.5, 0.6) is 0 Å². The first-order chi connectivity index (χ1) is 9.54. The number of nitrogens with zero attached hydrogens (tertiary/aromatic N) is 2. The van der Waals surface area contributed by atoms with Crippen molar-refractivity contribution in [1.29, 1.82) is 0 Å². The average Bonchev–Trinajstić information content (AvgIpc) is 3.12. The Labute approximate surface area is 124 Å². The second-order valence-electron chi connectivity index (χ2n) is 7.13. The molecule has 0 aromatic carbocycles. The van der Waals surface area contributed by atoms with E-state index >= 15 is 0 Å². The van der Waals surface area contributed by atoms with Gasteiger partial charge in [-0.25, -0.2) is 0 Å². The molecule has 2 fully saturated rings. The Morgan fingerprint density at radius 1 is 1.35 bits per heavy atom. The molecule has 20 heavy (non-hydrogen) atoms. The summed E-state index contributed by atoms with van der Waals surface area (Å²) in [5.74, 6) is 0. The average molecular weight is 283 g/mol. The van der Waals surface area contributed by atoms with Crippen molar-refractivity contribution in [3.63, 3.8) is 0 Å². The molecule has 2 atom stereocenters. The van der Waals surface area contributed by atoms with Crippen molar-refractivity contribution >= 4 is 0 Å². The molecule has 0 bridgehead atoms. The van der Waals surface area contributed by atoms with E-state index in [4.69, 9.17) is 4.74 Å². The molecule has 1 saturated heterocycles. The summed E-state index contributed by atoms with van der Waals surface area (Å²) in [5, 5.41) is 3.73. The van der Waals surface area contributed by atoms with Gasteiger partial charge in [0.2, 0.25) is 0 Å². The van der Waals surface area contributed by atoms with Crippen molar-refractivity contribution in [2.24, 2.45) is 5.41 Å². The van der Waals surface area contributed by atoms with E-state index in [2.05, 4.69) is 43.1 Å². The fourth-order valence-electron chi connectivity index (χ4n) is 3.27. The maximum absolute atomic E-state index is 5.74. The standard InChI is InChI=1S/C16H33N3O/c1-5-19(14(2)10-18(3)4)12-16(8-9-20-13-16)11-17-15-6-7-15/h14-15,17H,5-13H2,1-4H3. The van der Waals surface area contributed by atoms with Crippen LogP contribution >= 0.6 is 0 Å². The summed E-state index contributed by atoms with van der Waals surface area (Å²) in [7, 11) is 4.32. The largest absolute Gasteiger partial charge is 0.381 e. The van der Waals surface area contributed by atoms with Crippen LogP contribution in [0.1, 0.15) is 33.1 Å². The first-order valence-corrected chi connectivity index (χ1v) is 8.24. The molecule has 118 valence electrons. The summed E-state index contributed by atoms with van der Waals surface area (Å²) in [4.78, 5) is 4.91. The van der Waals surface area contributed by atoms with Crippen LogP contribution in [0.4, 0.5) is 0 Å². The summed E-state index contributed by atoms with van der Waals surface area (Å²) in [5.41, 5.74) is 0.333. The van der Waals surface area contributed by atoms with Gasteiger partial charge in [0, 0.05) is 43.7 Å². The van der Waals surface area contributed by atoms with Crippen LogP contribution in [0, 0.1) is 5.41 Å². The number of hydrogen-bond donors (Lipinski definition) is 1. The van der Waals surface area contributed by atoms with Gasteiger partial charge in [-0.3, -0.25) is 4.90 Å². The molecule has 0 aromatic rings. The molecule has 1 saturated carbocycles. The van der Waals surface area contributed by atoms with Crippen molar-refractivity contribution in [3.8, 4) is 0 Å². The van der Waals surface area contributed by atoms with Gasteiger partial charge in [-0.2, -0.15) is 0 Å². The number of ether oxygens (including phenoxy) is 1. The van der Waals surface area contributed by atoms with Gasteiger partial charge in [0.15, 0.2) is 0 Å². The summed E-state index contributed by atoms with van der Waals surface area (Å²) < 4.78 is 5.74. The third-order valence-corrected chi connectivity index (χ3v) is 4.73. The van der Waals surface area contributed by atoms with Crippen LogP contribution < -0.4 is 5.32 Å². The molecule has 0 radical (unpaired) electrons. The summed E-state index contributed by atoms with van der Waals surface area (Å²) in [6, 6.07) is 1.40. The van der Waals surface area contributed by atoms with Crippen LogP contribution in [0.15, 0.2) is 0 Å². The highest BCUT2D eigenvalue weighted by Gasteiger charge is 2.38. The number of likely N-dealkylation sites (N-methyl/N-ethyl adjacent to an activating group) is 2. The van der Waals surface area contributed by atoms with Crippen LogP contribution in [-0.4, -0.2) is 75.4 Å². The maximum atomic E-state index is 5.74. The van der Waals surface area contributed by atoms with E-state index < -0.39 is 0 Å². The zero-order valence-corrected chi connectivity index (χ0v) is 13.8. The molecule has 0 spiro atoms. The van der Waals surface area contributed by atoms with Crippen molar-refractivity contribution in [2.75, 3.05) is 53.5 Å². The van der Waals surface area contributed by atoms with Crippen LogP contribution in [0.2, 0.25) is 0 Å². The zero-order valence-electron chi connectivity index (χ0n) is 13.8. The SMILES string of the molecule is CCN(CC1(CNC2CC2)CCOC1)C(C)CN(C)C. The monoisotopic (exact) mass is 283 g/mol. The quantitative estimate of drug-likeness (QED) is 0.692. The molecular weight excluding hydrogens is 250 g/mol. The molecule has 1 heterocycles. The lowest BCUT2D eigenvalue weighted by molar-refractivity contribution is 0.0837. The second kappa shape index (κ2) is 7.21. The van der Waals surface area contributed by atoms with E-state index in [0.717, 1.165) is 45.4 Å². The van der Waals surface area contributed by atoms with Gasteiger partial charge in [0.05, 0.1) is 6.61 Å². The van der Waals surface area contributed by atoms with Gasteiger partial charge in [-0.1, -0.05) is 6.92 Å². The van der Waals surface area contributed by atoms with Crippen LogP contribution in [0.3, 0.4) is 0 Å². The second-order valence-corrected chi connectivity index (χ2v) is 7.13. The predicted molar refractivity (Wildman–Crippen MR) is 84.2 cm³/mol. The van der Waals surface area contributed by atoms with E-state index in [0.29, 0.717) is 11.5 Å². The Morgan fingerprint density at radius 2 is 2.10 bits per heavy atom. The van der Waals surface area contributed by atoms with Gasteiger partial charge in [-0.15, -0.1) is 0 Å². The highest BCUT2D eigenvalue weighted by molar-refractivity contribution is 4.92. The fraction of sp³-hybridized carbons (Fsp3) is 1.00.